The fourth-order valence-corrected chi connectivity index (χ4v) is 2.28. The monoisotopic (exact) mass is 194 g/mol. The Balaban J connectivity index is 2.21. The van der Waals surface area contributed by atoms with Gasteiger partial charge in [-0.3, -0.25) is 9.69 Å². The SMILES string of the molecule is CC1=C(C)NC(=O)[C@H]2CCCCN2C1. The van der Waals surface area contributed by atoms with E-state index in [4.69, 9.17) is 0 Å². The van der Waals surface area contributed by atoms with Crippen LogP contribution in [0, 0.1) is 0 Å². The zero-order valence-electron chi connectivity index (χ0n) is 8.97. The van der Waals surface area contributed by atoms with Gasteiger partial charge in [-0.15, -0.1) is 0 Å². The van der Waals surface area contributed by atoms with E-state index in [1.165, 1.54) is 18.4 Å². The molecule has 2 heterocycles. The Labute approximate surface area is 85.2 Å². The Hall–Kier alpha value is -0.830. The number of nitrogens with zero attached hydrogens (tertiary/aromatic N) is 1. The van der Waals surface area contributed by atoms with Gasteiger partial charge in [-0.25, -0.2) is 0 Å². The molecule has 0 aromatic carbocycles. The summed E-state index contributed by atoms with van der Waals surface area (Å²) in [6.45, 7) is 6.12. The molecule has 78 valence electrons. The molecule has 2 aliphatic rings. The van der Waals surface area contributed by atoms with Crippen molar-refractivity contribution in [3.8, 4) is 0 Å². The Morgan fingerprint density at radius 1 is 1.36 bits per heavy atom. The van der Waals surface area contributed by atoms with E-state index in [0.717, 1.165) is 25.2 Å². The fraction of sp³-hybridized carbons (Fsp3) is 0.727. The molecule has 1 atom stereocenters. The highest BCUT2D eigenvalue weighted by Gasteiger charge is 2.30. The molecule has 0 radical (unpaired) electrons. The molecule has 3 nitrogen and oxygen atoms in total. The molecule has 0 unspecified atom stereocenters. The summed E-state index contributed by atoms with van der Waals surface area (Å²) in [6.07, 6.45) is 3.44. The predicted octanol–water partition coefficient (Wildman–Crippen LogP) is 1.26. The van der Waals surface area contributed by atoms with Crippen molar-refractivity contribution in [3.05, 3.63) is 11.3 Å². The van der Waals surface area contributed by atoms with Crippen LogP contribution in [0.3, 0.4) is 0 Å². The third-order valence-electron chi connectivity index (χ3n) is 3.31. The Bertz CT molecular complexity index is 283. The van der Waals surface area contributed by atoms with E-state index in [-0.39, 0.29) is 11.9 Å². The first-order chi connectivity index (χ1) is 6.68. The number of piperidine rings is 1. The molecule has 1 saturated heterocycles. The Morgan fingerprint density at radius 2 is 2.14 bits per heavy atom. The molecule has 3 heteroatoms. The third kappa shape index (κ3) is 1.69. The number of fused-ring (bicyclic) bond motifs is 1. The smallest absolute Gasteiger partial charge is 0.241 e. The predicted molar refractivity (Wildman–Crippen MR) is 55.7 cm³/mol. The molecule has 1 amide bonds. The van der Waals surface area contributed by atoms with E-state index >= 15 is 0 Å². The maximum atomic E-state index is 11.8. The first-order valence-corrected chi connectivity index (χ1v) is 5.40. The summed E-state index contributed by atoms with van der Waals surface area (Å²) in [6, 6.07) is 0.121. The average Bonchev–Trinajstić information content (AvgIpc) is 2.27. The van der Waals surface area contributed by atoms with Crippen LogP contribution in [0.5, 0.6) is 0 Å². The van der Waals surface area contributed by atoms with Gasteiger partial charge in [-0.1, -0.05) is 6.42 Å². The molecule has 14 heavy (non-hydrogen) atoms. The number of hydrogen-bond acceptors (Lipinski definition) is 2. The minimum absolute atomic E-state index is 0.121. The van der Waals surface area contributed by atoms with Gasteiger partial charge in [0.15, 0.2) is 0 Å². The number of amides is 1. The quantitative estimate of drug-likeness (QED) is 0.629. The molecule has 0 bridgehead atoms. The molecular formula is C11H18N2O. The average molecular weight is 194 g/mol. The molecule has 0 spiro atoms. The van der Waals surface area contributed by atoms with Gasteiger partial charge in [-0.2, -0.15) is 0 Å². The van der Waals surface area contributed by atoms with E-state index in [2.05, 4.69) is 17.1 Å². The number of rotatable bonds is 0. The van der Waals surface area contributed by atoms with Crippen molar-refractivity contribution in [1.82, 2.24) is 10.2 Å². The molecule has 0 aromatic heterocycles. The van der Waals surface area contributed by atoms with Crippen molar-refractivity contribution in [2.24, 2.45) is 0 Å². The summed E-state index contributed by atoms with van der Waals surface area (Å²) in [5.41, 5.74) is 2.34. The lowest BCUT2D eigenvalue weighted by atomic mass is 10.0. The van der Waals surface area contributed by atoms with Gasteiger partial charge in [-0.05, 0) is 38.8 Å². The van der Waals surface area contributed by atoms with Gasteiger partial charge in [0.2, 0.25) is 5.91 Å². The van der Waals surface area contributed by atoms with Crippen LogP contribution >= 0.6 is 0 Å². The summed E-state index contributed by atoms with van der Waals surface area (Å²) in [5.74, 6) is 0.194. The fourth-order valence-electron chi connectivity index (χ4n) is 2.28. The topological polar surface area (TPSA) is 32.3 Å². The zero-order chi connectivity index (χ0) is 10.1. The van der Waals surface area contributed by atoms with Crippen LogP contribution in [0.2, 0.25) is 0 Å². The van der Waals surface area contributed by atoms with Crippen molar-refractivity contribution >= 4 is 5.91 Å². The van der Waals surface area contributed by atoms with Crippen molar-refractivity contribution in [1.29, 1.82) is 0 Å². The number of carbonyl (C=O) groups excluding carboxylic acids is 1. The van der Waals surface area contributed by atoms with Gasteiger partial charge in [0.05, 0.1) is 6.04 Å². The molecule has 1 fully saturated rings. The maximum absolute atomic E-state index is 11.8. The second-order valence-electron chi connectivity index (χ2n) is 4.38. The van der Waals surface area contributed by atoms with Crippen LogP contribution in [-0.4, -0.2) is 29.9 Å². The van der Waals surface area contributed by atoms with Gasteiger partial charge in [0, 0.05) is 12.2 Å². The molecule has 1 N–H and O–H groups in total. The maximum Gasteiger partial charge on any atom is 0.241 e. The van der Waals surface area contributed by atoms with E-state index < -0.39 is 0 Å². The lowest BCUT2D eigenvalue weighted by Crippen LogP contribution is -2.47. The molecule has 0 aromatic rings. The zero-order valence-corrected chi connectivity index (χ0v) is 8.97. The first-order valence-electron chi connectivity index (χ1n) is 5.40. The van der Waals surface area contributed by atoms with Gasteiger partial charge < -0.3 is 5.32 Å². The van der Waals surface area contributed by atoms with Crippen molar-refractivity contribution in [3.63, 3.8) is 0 Å². The van der Waals surface area contributed by atoms with Gasteiger partial charge >= 0.3 is 0 Å². The molecule has 0 aliphatic carbocycles. The summed E-state index contributed by atoms with van der Waals surface area (Å²) in [5, 5.41) is 2.99. The largest absolute Gasteiger partial charge is 0.329 e. The highest BCUT2D eigenvalue weighted by Crippen LogP contribution is 2.21. The van der Waals surface area contributed by atoms with E-state index in [0.29, 0.717) is 0 Å². The summed E-state index contributed by atoms with van der Waals surface area (Å²) in [4.78, 5) is 14.1. The standard InChI is InChI=1S/C11H18N2O/c1-8-7-13-6-4-3-5-10(13)11(14)12-9(8)2/h10H,3-7H2,1-2H3,(H,12,14)/t10-/m1/s1. The van der Waals surface area contributed by atoms with E-state index in [1.807, 2.05) is 6.92 Å². The van der Waals surface area contributed by atoms with Crippen LogP contribution in [0.1, 0.15) is 33.1 Å². The number of nitrogens with one attached hydrogen (secondary N) is 1. The van der Waals surface area contributed by atoms with E-state index in [9.17, 15) is 4.79 Å². The van der Waals surface area contributed by atoms with E-state index in [1.54, 1.807) is 0 Å². The normalized spacial score (nSPS) is 29.6. The minimum Gasteiger partial charge on any atom is -0.329 e. The van der Waals surface area contributed by atoms with Crippen molar-refractivity contribution in [2.45, 2.75) is 39.2 Å². The van der Waals surface area contributed by atoms with Gasteiger partial charge in [0.25, 0.3) is 0 Å². The van der Waals surface area contributed by atoms with Crippen molar-refractivity contribution in [2.75, 3.05) is 13.1 Å². The third-order valence-corrected chi connectivity index (χ3v) is 3.31. The van der Waals surface area contributed by atoms with Crippen molar-refractivity contribution < 1.29 is 4.79 Å². The number of hydrogen-bond donors (Lipinski definition) is 1. The lowest BCUT2D eigenvalue weighted by Gasteiger charge is -2.32. The molecule has 0 saturated carbocycles. The molecule has 2 aliphatic heterocycles. The minimum atomic E-state index is 0.121. The number of carbonyl (C=O) groups is 1. The molecule has 2 rings (SSSR count). The lowest BCUT2D eigenvalue weighted by molar-refractivity contribution is -0.126. The second-order valence-corrected chi connectivity index (χ2v) is 4.38. The van der Waals surface area contributed by atoms with Crippen LogP contribution in [0.4, 0.5) is 0 Å². The highest BCUT2D eigenvalue weighted by atomic mass is 16.2. The molecular weight excluding hydrogens is 176 g/mol. The number of allylic oxidation sites excluding steroid dienone is 1. The van der Waals surface area contributed by atoms with Crippen LogP contribution in [0.15, 0.2) is 11.3 Å². The van der Waals surface area contributed by atoms with Crippen LogP contribution < -0.4 is 5.32 Å². The Morgan fingerprint density at radius 3 is 2.93 bits per heavy atom. The Kier molecular flexibility index (Phi) is 2.59. The second kappa shape index (κ2) is 3.73. The highest BCUT2D eigenvalue weighted by molar-refractivity contribution is 5.84. The summed E-state index contributed by atoms with van der Waals surface area (Å²) < 4.78 is 0. The summed E-state index contributed by atoms with van der Waals surface area (Å²) in [7, 11) is 0. The van der Waals surface area contributed by atoms with Gasteiger partial charge in [0.1, 0.15) is 0 Å². The first kappa shape index (κ1) is 9.71. The van der Waals surface area contributed by atoms with Crippen LogP contribution in [0.25, 0.3) is 0 Å². The summed E-state index contributed by atoms with van der Waals surface area (Å²) >= 11 is 0. The van der Waals surface area contributed by atoms with Crippen LogP contribution in [-0.2, 0) is 4.79 Å².